The van der Waals surface area contributed by atoms with E-state index in [1.165, 1.54) is 70.6 Å². The highest BCUT2D eigenvalue weighted by atomic mass is 28.4. The van der Waals surface area contributed by atoms with Gasteiger partial charge in [-0.3, -0.25) is 0 Å². The Morgan fingerprint density at radius 1 is 0.621 bits per heavy atom. The van der Waals surface area contributed by atoms with Crippen molar-refractivity contribution in [1.82, 2.24) is 0 Å². The number of hydrogen-bond donors (Lipinski definition) is 0. The van der Waals surface area contributed by atoms with Crippen molar-refractivity contribution < 1.29 is 13.6 Å². The molecule has 0 radical (unpaired) electrons. The van der Waals surface area contributed by atoms with Crippen LogP contribution in [0.3, 0.4) is 0 Å². The molecule has 1 aromatic carbocycles. The third-order valence-corrected chi connectivity index (χ3v) is 9.30. The zero-order chi connectivity index (χ0) is 21.2. The van der Waals surface area contributed by atoms with Gasteiger partial charge in [-0.05, 0) is 42.8 Å². The second kappa shape index (κ2) is 16.8. The van der Waals surface area contributed by atoms with Crippen molar-refractivity contribution in [2.75, 3.05) is 13.7 Å². The Morgan fingerprint density at radius 3 is 1.52 bits per heavy atom. The molecule has 0 aromatic heterocycles. The van der Waals surface area contributed by atoms with Crippen LogP contribution in [0.5, 0.6) is 11.5 Å². The lowest BCUT2D eigenvalue weighted by atomic mass is 10.1. The molecule has 0 unspecified atom stereocenters. The molecular weight excluding hydrogens is 376 g/mol. The smallest absolute Gasteiger partial charge is 0.398 e. The zero-order valence-electron chi connectivity index (χ0n) is 19.6. The van der Waals surface area contributed by atoms with Gasteiger partial charge in [0.25, 0.3) is 0 Å². The third kappa shape index (κ3) is 11.7. The predicted octanol–water partition coefficient (Wildman–Crippen LogP) is 8.27. The molecule has 3 nitrogen and oxygen atoms in total. The van der Waals surface area contributed by atoms with Crippen LogP contribution in [-0.4, -0.2) is 22.3 Å². The first-order valence-electron chi connectivity index (χ1n) is 12.2. The monoisotopic (exact) mass is 422 g/mol. The first-order chi connectivity index (χ1) is 14.2. The van der Waals surface area contributed by atoms with Gasteiger partial charge in [-0.2, -0.15) is 0 Å². The number of unbranched alkanes of at least 4 members (excludes halogenated alkanes) is 11. The van der Waals surface area contributed by atoms with Gasteiger partial charge in [-0.1, -0.05) is 91.4 Å². The normalized spacial score (nSPS) is 11.6. The summed E-state index contributed by atoms with van der Waals surface area (Å²) in [6.45, 7) is 7.51. The summed E-state index contributed by atoms with van der Waals surface area (Å²) in [5, 5.41) is 0. The van der Waals surface area contributed by atoms with Crippen LogP contribution in [0, 0.1) is 0 Å². The molecular formula is C25H46O3Si. The van der Waals surface area contributed by atoms with Crippen molar-refractivity contribution in [3.8, 4) is 11.5 Å². The first-order valence-corrected chi connectivity index (χ1v) is 14.4. The van der Waals surface area contributed by atoms with E-state index in [2.05, 4.69) is 20.8 Å². The van der Waals surface area contributed by atoms with Crippen LogP contribution in [0.25, 0.3) is 0 Å². The molecule has 0 aliphatic rings. The van der Waals surface area contributed by atoms with Gasteiger partial charge in [0.2, 0.25) is 0 Å². The SMILES string of the molecule is CCCCCCCCCCCCCCO[Si](CC)(CC)Oc1ccc(OC)cc1. The summed E-state index contributed by atoms with van der Waals surface area (Å²) >= 11 is 0. The second-order valence-corrected chi connectivity index (χ2v) is 11.9. The molecule has 0 aliphatic carbocycles. The average molecular weight is 423 g/mol. The summed E-state index contributed by atoms with van der Waals surface area (Å²) in [6.07, 6.45) is 16.4. The van der Waals surface area contributed by atoms with Crippen molar-refractivity contribution in [2.24, 2.45) is 0 Å². The summed E-state index contributed by atoms with van der Waals surface area (Å²) in [6, 6.07) is 9.83. The quantitative estimate of drug-likeness (QED) is 0.166. The van der Waals surface area contributed by atoms with E-state index >= 15 is 0 Å². The van der Waals surface area contributed by atoms with Crippen LogP contribution < -0.4 is 9.16 Å². The predicted molar refractivity (Wildman–Crippen MR) is 127 cm³/mol. The minimum absolute atomic E-state index is 0.835. The van der Waals surface area contributed by atoms with E-state index in [0.717, 1.165) is 36.6 Å². The second-order valence-electron chi connectivity index (χ2n) is 8.13. The van der Waals surface area contributed by atoms with E-state index in [1.54, 1.807) is 7.11 Å². The lowest BCUT2D eigenvalue weighted by Gasteiger charge is -2.29. The minimum atomic E-state index is -2.15. The minimum Gasteiger partial charge on any atom is -0.520 e. The van der Waals surface area contributed by atoms with Crippen LogP contribution in [0.1, 0.15) is 97.8 Å². The molecule has 0 spiro atoms. The molecule has 0 bridgehead atoms. The Labute approximate surface area is 181 Å². The van der Waals surface area contributed by atoms with Gasteiger partial charge >= 0.3 is 8.56 Å². The van der Waals surface area contributed by atoms with Gasteiger partial charge in [0.05, 0.1) is 7.11 Å². The summed E-state index contributed by atoms with van der Waals surface area (Å²) in [5.41, 5.74) is 0. The molecule has 0 atom stereocenters. The number of rotatable bonds is 19. The average Bonchev–Trinajstić information content (AvgIpc) is 2.76. The molecule has 0 heterocycles. The van der Waals surface area contributed by atoms with E-state index in [0.29, 0.717) is 0 Å². The highest BCUT2D eigenvalue weighted by Gasteiger charge is 2.35. The van der Waals surface area contributed by atoms with E-state index in [1.807, 2.05) is 24.3 Å². The van der Waals surface area contributed by atoms with Crippen LogP contribution in [0.4, 0.5) is 0 Å². The summed E-state index contributed by atoms with van der Waals surface area (Å²) < 4.78 is 18.0. The van der Waals surface area contributed by atoms with Gasteiger partial charge in [0.1, 0.15) is 11.5 Å². The van der Waals surface area contributed by atoms with Crippen molar-refractivity contribution in [1.29, 1.82) is 0 Å². The molecule has 0 aliphatic heterocycles. The van der Waals surface area contributed by atoms with E-state index in [9.17, 15) is 0 Å². The highest BCUT2D eigenvalue weighted by Crippen LogP contribution is 2.25. The standard InChI is InChI=1S/C25H46O3Si/c1-5-8-9-10-11-12-13-14-15-16-17-18-23-27-29(6-2,7-3)28-25-21-19-24(26-4)20-22-25/h19-22H,5-18,23H2,1-4H3. The van der Waals surface area contributed by atoms with Crippen molar-refractivity contribution in [2.45, 2.75) is 110 Å². The lowest BCUT2D eigenvalue weighted by Crippen LogP contribution is -2.44. The fourth-order valence-electron chi connectivity index (χ4n) is 3.69. The largest absolute Gasteiger partial charge is 0.520 e. The maximum absolute atomic E-state index is 6.37. The van der Waals surface area contributed by atoms with Crippen molar-refractivity contribution >= 4 is 8.56 Å². The topological polar surface area (TPSA) is 27.7 Å². The van der Waals surface area contributed by atoms with Gasteiger partial charge in [0, 0.05) is 6.61 Å². The maximum atomic E-state index is 6.37. The molecule has 4 heteroatoms. The van der Waals surface area contributed by atoms with E-state index in [-0.39, 0.29) is 0 Å². The van der Waals surface area contributed by atoms with Gasteiger partial charge < -0.3 is 13.6 Å². The van der Waals surface area contributed by atoms with Gasteiger partial charge in [-0.25, -0.2) is 0 Å². The molecule has 0 saturated heterocycles. The molecule has 168 valence electrons. The Kier molecular flexibility index (Phi) is 15.0. The van der Waals surface area contributed by atoms with E-state index < -0.39 is 8.56 Å². The van der Waals surface area contributed by atoms with Crippen LogP contribution in [-0.2, 0) is 4.43 Å². The number of hydrogen-bond acceptors (Lipinski definition) is 3. The number of benzene rings is 1. The molecule has 1 rings (SSSR count). The van der Waals surface area contributed by atoms with Crippen molar-refractivity contribution in [3.05, 3.63) is 24.3 Å². The Balaban J connectivity index is 2.13. The van der Waals surface area contributed by atoms with Crippen molar-refractivity contribution in [3.63, 3.8) is 0 Å². The van der Waals surface area contributed by atoms with Gasteiger partial charge in [0.15, 0.2) is 0 Å². The van der Waals surface area contributed by atoms with Crippen LogP contribution >= 0.6 is 0 Å². The summed E-state index contributed by atoms with van der Waals surface area (Å²) in [7, 11) is -0.468. The molecule has 29 heavy (non-hydrogen) atoms. The maximum Gasteiger partial charge on any atom is 0.398 e. The first kappa shape index (κ1) is 26.0. The lowest BCUT2D eigenvalue weighted by molar-refractivity contribution is 0.230. The molecule has 1 aromatic rings. The summed E-state index contributed by atoms with van der Waals surface area (Å²) in [5.74, 6) is 1.76. The Morgan fingerprint density at radius 2 is 1.07 bits per heavy atom. The Hall–Kier alpha value is -1.00. The summed E-state index contributed by atoms with van der Waals surface area (Å²) in [4.78, 5) is 0. The molecule has 0 fully saturated rings. The molecule has 0 amide bonds. The van der Waals surface area contributed by atoms with E-state index in [4.69, 9.17) is 13.6 Å². The third-order valence-electron chi connectivity index (χ3n) is 5.80. The number of methoxy groups -OCH3 is 1. The fraction of sp³-hybridized carbons (Fsp3) is 0.760. The fourth-order valence-corrected chi connectivity index (χ4v) is 6.03. The zero-order valence-corrected chi connectivity index (χ0v) is 20.6. The molecule has 0 saturated carbocycles. The Bertz CT molecular complexity index is 485. The highest BCUT2D eigenvalue weighted by molar-refractivity contribution is 6.68. The van der Waals surface area contributed by atoms with Crippen LogP contribution in [0.2, 0.25) is 12.1 Å². The molecule has 0 N–H and O–H groups in total. The van der Waals surface area contributed by atoms with Gasteiger partial charge in [-0.15, -0.1) is 0 Å². The number of ether oxygens (including phenoxy) is 1. The van der Waals surface area contributed by atoms with Crippen LogP contribution in [0.15, 0.2) is 24.3 Å².